The van der Waals surface area contributed by atoms with E-state index in [-0.39, 0.29) is 11.7 Å². The molecule has 0 aliphatic rings. The summed E-state index contributed by atoms with van der Waals surface area (Å²) in [4.78, 5) is 25.4. The summed E-state index contributed by atoms with van der Waals surface area (Å²) in [5.74, 6) is 0.232. The molecule has 32 heavy (non-hydrogen) atoms. The fraction of sp³-hybridized carbons (Fsp3) is 0.238. The van der Waals surface area contributed by atoms with Gasteiger partial charge in [-0.15, -0.1) is 10.2 Å². The third-order valence-electron chi connectivity index (χ3n) is 4.26. The molecule has 1 heterocycles. The number of nitrogens with zero attached hydrogens (tertiary/aromatic N) is 2. The van der Waals surface area contributed by atoms with Gasteiger partial charge in [0.05, 0.1) is 10.6 Å². The van der Waals surface area contributed by atoms with E-state index in [2.05, 4.69) is 20.8 Å². The number of hydrogen-bond donors (Lipinski definition) is 2. The highest BCUT2D eigenvalue weighted by Gasteiger charge is 2.23. The van der Waals surface area contributed by atoms with Crippen LogP contribution in [-0.2, 0) is 10.5 Å². The van der Waals surface area contributed by atoms with Gasteiger partial charge in [-0.1, -0.05) is 59.0 Å². The molecule has 3 rings (SSSR count). The van der Waals surface area contributed by atoms with Crippen LogP contribution < -0.4 is 10.6 Å². The van der Waals surface area contributed by atoms with E-state index in [1.165, 1.54) is 35.2 Å². The normalized spacial score (nSPS) is 11.7. The van der Waals surface area contributed by atoms with E-state index in [0.717, 1.165) is 5.56 Å². The molecule has 0 spiro atoms. The molecule has 2 aromatic carbocycles. The summed E-state index contributed by atoms with van der Waals surface area (Å²) in [6, 6.07) is 12.2. The number of aromatic nitrogens is 2. The van der Waals surface area contributed by atoms with Gasteiger partial charge in [0.25, 0.3) is 5.91 Å². The van der Waals surface area contributed by atoms with Crippen molar-refractivity contribution in [2.75, 3.05) is 17.3 Å². The minimum atomic E-state index is -0.745. The maximum atomic E-state index is 13.0. The number of nitrogens with one attached hydrogen (secondary N) is 2. The quantitative estimate of drug-likeness (QED) is 0.291. The van der Waals surface area contributed by atoms with Crippen molar-refractivity contribution in [3.8, 4) is 0 Å². The fourth-order valence-electron chi connectivity index (χ4n) is 2.62. The molecule has 2 amide bonds. The van der Waals surface area contributed by atoms with Crippen LogP contribution >= 0.6 is 46.5 Å². The zero-order valence-electron chi connectivity index (χ0n) is 17.0. The van der Waals surface area contributed by atoms with E-state index in [1.807, 2.05) is 6.26 Å². The molecule has 0 bridgehead atoms. The predicted octanol–water partition coefficient (Wildman–Crippen LogP) is 5.11. The Balaban J connectivity index is 1.60. The molecule has 0 fully saturated rings. The molecule has 6 nitrogen and oxygen atoms in total. The molecule has 11 heteroatoms. The highest BCUT2D eigenvalue weighted by molar-refractivity contribution is 8.00. The summed E-state index contributed by atoms with van der Waals surface area (Å²) < 4.78 is 13.7. The molecule has 1 atom stereocenters. The molecular weight excluding hydrogens is 491 g/mol. The Morgan fingerprint density at radius 1 is 1.16 bits per heavy atom. The molecule has 0 radical (unpaired) electrons. The number of carbonyl (C=O) groups excluding carboxylic acids is 2. The summed E-state index contributed by atoms with van der Waals surface area (Å²) in [7, 11) is 0. The van der Waals surface area contributed by atoms with Gasteiger partial charge >= 0.3 is 0 Å². The number of amides is 2. The first-order valence-electron chi connectivity index (χ1n) is 9.52. The summed E-state index contributed by atoms with van der Waals surface area (Å²) >= 11 is 10.4. The van der Waals surface area contributed by atoms with Gasteiger partial charge in [-0.3, -0.25) is 14.9 Å². The van der Waals surface area contributed by atoms with Gasteiger partial charge in [0.15, 0.2) is 4.34 Å². The van der Waals surface area contributed by atoms with Crippen LogP contribution in [0.1, 0.15) is 22.3 Å². The van der Waals surface area contributed by atoms with Gasteiger partial charge in [-0.25, -0.2) is 4.39 Å². The summed E-state index contributed by atoms with van der Waals surface area (Å²) in [6.07, 6.45) is 2.38. The number of benzene rings is 2. The van der Waals surface area contributed by atoms with Crippen LogP contribution in [0.2, 0.25) is 5.02 Å². The maximum absolute atomic E-state index is 13.0. The smallest absolute Gasteiger partial charge is 0.253 e. The summed E-state index contributed by atoms with van der Waals surface area (Å²) in [6.45, 7) is 0. The van der Waals surface area contributed by atoms with Crippen LogP contribution in [0.4, 0.5) is 9.52 Å². The highest BCUT2D eigenvalue weighted by atomic mass is 35.5. The van der Waals surface area contributed by atoms with Crippen LogP contribution in [0.15, 0.2) is 52.9 Å². The molecule has 0 aliphatic carbocycles. The third-order valence-corrected chi connectivity index (χ3v) is 7.28. The van der Waals surface area contributed by atoms with E-state index < -0.39 is 11.9 Å². The number of rotatable bonds is 10. The average Bonchev–Trinajstić information content (AvgIpc) is 3.23. The van der Waals surface area contributed by atoms with Crippen molar-refractivity contribution in [2.45, 2.75) is 22.6 Å². The standard InChI is InChI=1S/C21H20ClFN4O2S3/c1-30-11-10-17(24-18(28)15-4-2-3-5-16(15)22)19(29)25-20-26-27-21(32-20)31-12-13-6-8-14(23)9-7-13/h2-9,17H,10-12H2,1H3,(H,24,28)(H,25,26,29)/t17-/m0/s1. The van der Waals surface area contributed by atoms with E-state index >= 15 is 0 Å². The molecular formula is C21H20ClFN4O2S3. The molecule has 2 N–H and O–H groups in total. The number of anilines is 1. The number of carbonyl (C=O) groups is 2. The topological polar surface area (TPSA) is 84.0 Å². The molecule has 3 aromatic rings. The molecule has 168 valence electrons. The van der Waals surface area contributed by atoms with Crippen molar-refractivity contribution in [1.82, 2.24) is 15.5 Å². The van der Waals surface area contributed by atoms with Gasteiger partial charge in [0.1, 0.15) is 11.9 Å². The number of halogens is 2. The summed E-state index contributed by atoms with van der Waals surface area (Å²) in [5, 5.41) is 14.2. The largest absolute Gasteiger partial charge is 0.340 e. The van der Waals surface area contributed by atoms with Gasteiger partial charge in [0, 0.05) is 5.75 Å². The van der Waals surface area contributed by atoms with Crippen LogP contribution in [0.5, 0.6) is 0 Å². The number of thioether (sulfide) groups is 2. The second-order valence-electron chi connectivity index (χ2n) is 6.56. The Morgan fingerprint density at radius 3 is 2.62 bits per heavy atom. The van der Waals surface area contributed by atoms with E-state index in [9.17, 15) is 14.0 Å². The third kappa shape index (κ3) is 7.19. The Labute approximate surface area is 202 Å². The first-order chi connectivity index (χ1) is 15.5. The van der Waals surface area contributed by atoms with Crippen LogP contribution in [0.3, 0.4) is 0 Å². The minimum Gasteiger partial charge on any atom is -0.340 e. The second kappa shape index (κ2) is 12.2. The van der Waals surface area contributed by atoms with Crippen molar-refractivity contribution in [2.24, 2.45) is 0 Å². The van der Waals surface area contributed by atoms with Crippen LogP contribution in [0.25, 0.3) is 0 Å². The molecule has 0 saturated heterocycles. The number of hydrogen-bond acceptors (Lipinski definition) is 7. The van der Waals surface area contributed by atoms with Gasteiger partial charge in [0.2, 0.25) is 11.0 Å². The van der Waals surface area contributed by atoms with Gasteiger partial charge < -0.3 is 5.32 Å². The SMILES string of the molecule is CSCC[C@H](NC(=O)c1ccccc1Cl)C(=O)Nc1nnc(SCc2ccc(F)cc2)s1. The second-order valence-corrected chi connectivity index (χ2v) is 10.2. The lowest BCUT2D eigenvalue weighted by molar-refractivity contribution is -0.118. The maximum Gasteiger partial charge on any atom is 0.253 e. The Morgan fingerprint density at radius 2 is 1.91 bits per heavy atom. The van der Waals surface area contributed by atoms with Crippen molar-refractivity contribution in [3.05, 3.63) is 70.5 Å². The minimum absolute atomic E-state index is 0.280. The first kappa shape index (κ1) is 24.5. The monoisotopic (exact) mass is 510 g/mol. The molecule has 1 aromatic heterocycles. The van der Waals surface area contributed by atoms with E-state index in [4.69, 9.17) is 11.6 Å². The van der Waals surface area contributed by atoms with Crippen molar-refractivity contribution in [1.29, 1.82) is 0 Å². The summed E-state index contributed by atoms with van der Waals surface area (Å²) in [5.41, 5.74) is 1.27. The van der Waals surface area contributed by atoms with Crippen molar-refractivity contribution >= 4 is 63.4 Å². The fourth-order valence-corrected chi connectivity index (χ4v) is 5.03. The molecule has 0 aliphatic heterocycles. The molecule has 0 saturated carbocycles. The van der Waals surface area contributed by atoms with Gasteiger partial charge in [-0.05, 0) is 48.3 Å². The predicted molar refractivity (Wildman–Crippen MR) is 130 cm³/mol. The van der Waals surface area contributed by atoms with Gasteiger partial charge in [-0.2, -0.15) is 11.8 Å². The van der Waals surface area contributed by atoms with E-state index in [1.54, 1.807) is 48.2 Å². The van der Waals surface area contributed by atoms with Crippen molar-refractivity contribution in [3.63, 3.8) is 0 Å². The lowest BCUT2D eigenvalue weighted by Gasteiger charge is -2.17. The Bertz CT molecular complexity index is 1070. The zero-order chi connectivity index (χ0) is 22.9. The van der Waals surface area contributed by atoms with Crippen LogP contribution in [0, 0.1) is 5.82 Å². The van der Waals surface area contributed by atoms with E-state index in [0.29, 0.717) is 38.0 Å². The Hall–Kier alpha value is -2.14. The van der Waals surface area contributed by atoms with Crippen LogP contribution in [-0.4, -0.2) is 40.1 Å². The lowest BCUT2D eigenvalue weighted by Crippen LogP contribution is -2.44. The lowest BCUT2D eigenvalue weighted by atomic mass is 10.1. The Kier molecular flexibility index (Phi) is 9.34. The zero-order valence-corrected chi connectivity index (χ0v) is 20.2. The average molecular weight is 511 g/mol. The highest BCUT2D eigenvalue weighted by Crippen LogP contribution is 2.28. The van der Waals surface area contributed by atoms with Crippen molar-refractivity contribution < 1.29 is 14.0 Å². The molecule has 0 unspecified atom stereocenters. The first-order valence-corrected chi connectivity index (χ1v) is 13.1.